The van der Waals surface area contributed by atoms with E-state index in [1.165, 1.54) is 11.8 Å². The number of hydrogen-bond acceptors (Lipinski definition) is 7. The number of hydrogen-bond donors (Lipinski definition) is 7. The molecule has 0 saturated carbocycles. The van der Waals surface area contributed by atoms with Crippen molar-refractivity contribution in [1.29, 1.82) is 0 Å². The molecule has 0 radical (unpaired) electrons. The Balaban J connectivity index is 4.94. The highest BCUT2D eigenvalue weighted by Gasteiger charge is 2.28. The molecule has 0 aliphatic carbocycles. The van der Waals surface area contributed by atoms with Crippen LogP contribution in [0, 0.1) is 0 Å². The van der Waals surface area contributed by atoms with Gasteiger partial charge in [0.25, 0.3) is 0 Å². The van der Waals surface area contributed by atoms with E-state index in [1.807, 2.05) is 0 Å². The fraction of sp³-hybridized carbons (Fsp3) is 0.667. The molecule has 0 bridgehead atoms. The molecule has 28 heavy (non-hydrogen) atoms. The molecule has 0 aliphatic heterocycles. The first kappa shape index (κ1) is 25.5. The molecule has 0 aromatic carbocycles. The molecule has 160 valence electrons. The van der Waals surface area contributed by atoms with E-state index in [9.17, 15) is 24.3 Å². The minimum Gasteiger partial charge on any atom is -0.481 e. The van der Waals surface area contributed by atoms with Crippen LogP contribution in [0.5, 0.6) is 0 Å². The summed E-state index contributed by atoms with van der Waals surface area (Å²) in [5.41, 5.74) is 15.9. The van der Waals surface area contributed by atoms with Crippen molar-refractivity contribution in [3.63, 3.8) is 0 Å². The van der Waals surface area contributed by atoms with Crippen molar-refractivity contribution in [2.45, 2.75) is 43.8 Å². The number of guanidine groups is 1. The summed E-state index contributed by atoms with van der Waals surface area (Å²) in [6.07, 6.45) is 1.83. The minimum absolute atomic E-state index is 0.0829. The Morgan fingerprint density at radius 1 is 1.04 bits per heavy atom. The minimum atomic E-state index is -1.32. The van der Waals surface area contributed by atoms with Crippen molar-refractivity contribution in [3.8, 4) is 0 Å². The highest BCUT2D eigenvalue weighted by Crippen LogP contribution is 2.05. The van der Waals surface area contributed by atoms with Crippen LogP contribution in [0.2, 0.25) is 0 Å². The molecule has 2 amide bonds. The van der Waals surface area contributed by atoms with Gasteiger partial charge in [0.1, 0.15) is 12.1 Å². The number of nitrogens with zero attached hydrogens (tertiary/aromatic N) is 1. The number of carbonyl (C=O) groups is 4. The zero-order chi connectivity index (χ0) is 21.7. The molecule has 0 saturated heterocycles. The van der Waals surface area contributed by atoms with Crippen LogP contribution in [-0.4, -0.2) is 76.6 Å². The van der Waals surface area contributed by atoms with Gasteiger partial charge in [-0.1, -0.05) is 0 Å². The SMILES string of the molecule is CSCCC(NC(=O)C(N)CC(=O)O)C(=O)NC(CCCN=C(N)N)C(=O)O. The summed E-state index contributed by atoms with van der Waals surface area (Å²) < 4.78 is 0. The second-order valence-electron chi connectivity index (χ2n) is 5.90. The second-order valence-corrected chi connectivity index (χ2v) is 6.88. The molecule has 10 N–H and O–H groups in total. The highest BCUT2D eigenvalue weighted by molar-refractivity contribution is 7.98. The topological polar surface area (TPSA) is 223 Å². The molecule has 0 spiro atoms. The zero-order valence-electron chi connectivity index (χ0n) is 15.6. The standard InChI is InChI=1S/C15H28N6O6S/c1-28-6-4-9(20-12(24)8(16)7-11(22)23)13(25)21-10(14(26)27)3-2-5-19-15(17)18/h8-10H,2-7,16H2,1H3,(H,20,24)(H,21,25)(H,22,23)(H,26,27)(H4,17,18,19). The van der Waals surface area contributed by atoms with E-state index in [2.05, 4.69) is 15.6 Å². The average molecular weight is 420 g/mol. The number of amides is 2. The largest absolute Gasteiger partial charge is 0.481 e. The summed E-state index contributed by atoms with van der Waals surface area (Å²) in [5, 5.41) is 22.7. The van der Waals surface area contributed by atoms with E-state index in [0.29, 0.717) is 12.2 Å². The third kappa shape index (κ3) is 11.2. The summed E-state index contributed by atoms with van der Waals surface area (Å²) in [6, 6.07) is -3.56. The lowest BCUT2D eigenvalue weighted by molar-refractivity contribution is -0.143. The van der Waals surface area contributed by atoms with E-state index in [4.69, 9.17) is 22.3 Å². The molecule has 0 aromatic rings. The third-order valence-corrected chi connectivity index (χ3v) is 4.18. The van der Waals surface area contributed by atoms with Crippen molar-refractivity contribution < 1.29 is 29.4 Å². The Kier molecular flexibility index (Phi) is 12.4. The summed E-state index contributed by atoms with van der Waals surface area (Å²) in [4.78, 5) is 50.2. The summed E-state index contributed by atoms with van der Waals surface area (Å²) in [7, 11) is 0. The molecule has 13 heteroatoms. The highest BCUT2D eigenvalue weighted by atomic mass is 32.2. The maximum atomic E-state index is 12.5. The number of nitrogens with two attached hydrogens (primary N) is 3. The fourth-order valence-corrected chi connectivity index (χ4v) is 2.57. The predicted octanol–water partition coefficient (Wildman–Crippen LogP) is -2.35. The summed E-state index contributed by atoms with van der Waals surface area (Å²) in [5.74, 6) is -3.60. The van der Waals surface area contributed by atoms with Gasteiger partial charge in [0.05, 0.1) is 12.5 Å². The molecule has 0 rings (SSSR count). The summed E-state index contributed by atoms with van der Waals surface area (Å²) in [6.45, 7) is 0.207. The number of aliphatic carboxylic acids is 2. The molecule has 0 aliphatic rings. The van der Waals surface area contributed by atoms with Crippen molar-refractivity contribution in [3.05, 3.63) is 0 Å². The van der Waals surface area contributed by atoms with Crippen LogP contribution in [0.25, 0.3) is 0 Å². The monoisotopic (exact) mass is 420 g/mol. The summed E-state index contributed by atoms with van der Waals surface area (Å²) >= 11 is 1.43. The Morgan fingerprint density at radius 3 is 2.14 bits per heavy atom. The van der Waals surface area contributed by atoms with E-state index in [0.717, 1.165) is 0 Å². The van der Waals surface area contributed by atoms with Gasteiger partial charge in [-0.25, -0.2) is 4.79 Å². The first-order valence-electron chi connectivity index (χ1n) is 8.43. The molecule has 3 unspecified atom stereocenters. The second kappa shape index (κ2) is 13.6. The Hall–Kier alpha value is -2.54. The van der Waals surface area contributed by atoms with Crippen LogP contribution in [0.3, 0.4) is 0 Å². The smallest absolute Gasteiger partial charge is 0.326 e. The molecule has 3 atom stereocenters. The first-order chi connectivity index (χ1) is 13.1. The van der Waals surface area contributed by atoms with Gasteiger partial charge < -0.3 is 38.0 Å². The Labute approximate surface area is 166 Å². The Morgan fingerprint density at radius 2 is 1.64 bits per heavy atom. The van der Waals surface area contributed by atoms with Crippen molar-refractivity contribution in [2.24, 2.45) is 22.2 Å². The van der Waals surface area contributed by atoms with Crippen molar-refractivity contribution in [2.75, 3.05) is 18.6 Å². The van der Waals surface area contributed by atoms with E-state index in [-0.39, 0.29) is 25.3 Å². The lowest BCUT2D eigenvalue weighted by Crippen LogP contribution is -2.54. The predicted molar refractivity (Wildman–Crippen MR) is 105 cm³/mol. The van der Waals surface area contributed by atoms with Gasteiger partial charge in [-0.3, -0.25) is 19.4 Å². The van der Waals surface area contributed by atoms with Crippen molar-refractivity contribution in [1.82, 2.24) is 10.6 Å². The van der Waals surface area contributed by atoms with Crippen LogP contribution < -0.4 is 27.8 Å². The van der Waals surface area contributed by atoms with E-state index >= 15 is 0 Å². The number of rotatable bonds is 14. The normalized spacial score (nSPS) is 13.6. The van der Waals surface area contributed by atoms with Gasteiger partial charge in [-0.2, -0.15) is 11.8 Å². The lowest BCUT2D eigenvalue weighted by Gasteiger charge is -2.22. The molecule has 0 fully saturated rings. The number of carbonyl (C=O) groups excluding carboxylic acids is 2. The molecule has 12 nitrogen and oxygen atoms in total. The Bertz CT molecular complexity index is 583. The van der Waals surface area contributed by atoms with Crippen LogP contribution in [-0.2, 0) is 19.2 Å². The van der Waals surface area contributed by atoms with Gasteiger partial charge in [0, 0.05) is 6.54 Å². The molecule has 0 heterocycles. The van der Waals surface area contributed by atoms with Gasteiger partial charge in [-0.15, -0.1) is 0 Å². The number of nitrogens with one attached hydrogen (secondary N) is 2. The zero-order valence-corrected chi connectivity index (χ0v) is 16.4. The van der Waals surface area contributed by atoms with Crippen LogP contribution >= 0.6 is 11.8 Å². The van der Waals surface area contributed by atoms with Gasteiger partial charge >= 0.3 is 11.9 Å². The van der Waals surface area contributed by atoms with E-state index in [1.54, 1.807) is 6.26 Å². The molecule has 0 aromatic heterocycles. The lowest BCUT2D eigenvalue weighted by atomic mass is 10.1. The number of carboxylic acid groups (broad SMARTS) is 2. The number of thioether (sulfide) groups is 1. The van der Waals surface area contributed by atoms with Gasteiger partial charge in [0.2, 0.25) is 11.8 Å². The van der Waals surface area contributed by atoms with Gasteiger partial charge in [-0.05, 0) is 31.3 Å². The maximum absolute atomic E-state index is 12.5. The van der Waals surface area contributed by atoms with Crippen LogP contribution in [0.1, 0.15) is 25.7 Å². The van der Waals surface area contributed by atoms with Crippen molar-refractivity contribution >= 4 is 41.5 Å². The number of carboxylic acids is 2. The number of aliphatic imine (C=N–C) groups is 1. The maximum Gasteiger partial charge on any atom is 0.326 e. The van der Waals surface area contributed by atoms with Gasteiger partial charge in [0.15, 0.2) is 5.96 Å². The first-order valence-corrected chi connectivity index (χ1v) is 9.83. The average Bonchev–Trinajstić information content (AvgIpc) is 2.59. The van der Waals surface area contributed by atoms with Crippen LogP contribution in [0.4, 0.5) is 0 Å². The molecular weight excluding hydrogens is 392 g/mol. The third-order valence-electron chi connectivity index (χ3n) is 3.53. The quantitative estimate of drug-likeness (QED) is 0.0899. The fourth-order valence-electron chi connectivity index (χ4n) is 2.10. The van der Waals surface area contributed by atoms with E-state index < -0.39 is 48.3 Å². The molecular formula is C15H28N6O6S. The van der Waals surface area contributed by atoms with Crippen LogP contribution in [0.15, 0.2) is 4.99 Å².